The van der Waals surface area contributed by atoms with Crippen LogP contribution >= 0.6 is 11.3 Å². The molecule has 0 saturated carbocycles. The number of imidazole rings is 1. The predicted molar refractivity (Wildman–Crippen MR) is 73.7 cm³/mol. The maximum absolute atomic E-state index is 4.33. The minimum Gasteiger partial charge on any atom is -0.355 e. The zero-order chi connectivity index (χ0) is 12.3. The van der Waals surface area contributed by atoms with E-state index in [1.807, 2.05) is 23.7 Å². The van der Waals surface area contributed by atoms with Gasteiger partial charge in [-0.15, -0.1) is 11.3 Å². The molecule has 2 aromatic heterocycles. The summed E-state index contributed by atoms with van der Waals surface area (Å²) in [4.78, 5) is 5.73. The molecule has 0 radical (unpaired) electrons. The molecule has 0 fully saturated rings. The highest BCUT2D eigenvalue weighted by Gasteiger charge is 2.21. The monoisotopic (exact) mass is 249 g/mol. The Hall–Kier alpha value is -1.29. The summed E-state index contributed by atoms with van der Waals surface area (Å²) in [5, 5.41) is 5.56. The van der Waals surface area contributed by atoms with E-state index in [1.54, 1.807) is 0 Å². The van der Waals surface area contributed by atoms with Gasteiger partial charge in [0.25, 0.3) is 0 Å². The van der Waals surface area contributed by atoms with Crippen molar-refractivity contribution in [1.29, 1.82) is 0 Å². The molecule has 17 heavy (non-hydrogen) atoms. The highest BCUT2D eigenvalue weighted by Crippen LogP contribution is 2.27. The molecule has 0 aliphatic carbocycles. The Balaban J connectivity index is 2.03. The largest absolute Gasteiger partial charge is 0.355 e. The summed E-state index contributed by atoms with van der Waals surface area (Å²) in [5.74, 6) is 0.956. The first-order valence-corrected chi connectivity index (χ1v) is 6.80. The second kappa shape index (κ2) is 4.92. The van der Waals surface area contributed by atoms with Gasteiger partial charge in [-0.2, -0.15) is 0 Å². The molecule has 3 nitrogen and oxygen atoms in total. The summed E-state index contributed by atoms with van der Waals surface area (Å²) < 4.78 is 2.12. The fraction of sp³-hybridized carbons (Fsp3) is 0.462. The van der Waals surface area contributed by atoms with Crippen LogP contribution in [0, 0.1) is 0 Å². The van der Waals surface area contributed by atoms with Crippen molar-refractivity contribution in [2.24, 2.45) is 0 Å². The average Bonchev–Trinajstić information content (AvgIpc) is 2.97. The summed E-state index contributed by atoms with van der Waals surface area (Å²) in [6, 6.07) is 4.30. The zero-order valence-corrected chi connectivity index (χ0v) is 11.4. The third-order valence-corrected chi connectivity index (χ3v) is 4.17. The summed E-state index contributed by atoms with van der Waals surface area (Å²) in [6.45, 7) is 8.47. The van der Waals surface area contributed by atoms with Crippen molar-refractivity contribution in [3.63, 3.8) is 0 Å². The smallest absolute Gasteiger partial charge is 0.202 e. The molecule has 0 saturated heterocycles. The van der Waals surface area contributed by atoms with Gasteiger partial charge in [0.1, 0.15) is 0 Å². The highest BCUT2D eigenvalue weighted by molar-refractivity contribution is 7.10. The molecule has 0 atom stereocenters. The normalized spacial score (nSPS) is 11.7. The molecule has 0 aliphatic heterocycles. The molecule has 0 bridgehead atoms. The molecule has 0 aromatic carbocycles. The van der Waals surface area contributed by atoms with Crippen LogP contribution in [0.25, 0.3) is 0 Å². The average molecular weight is 249 g/mol. The van der Waals surface area contributed by atoms with E-state index >= 15 is 0 Å². The van der Waals surface area contributed by atoms with Crippen LogP contribution < -0.4 is 5.32 Å². The molecular formula is C13H19N3S. The Morgan fingerprint density at radius 1 is 1.47 bits per heavy atom. The molecule has 0 unspecified atom stereocenters. The van der Waals surface area contributed by atoms with Crippen molar-refractivity contribution in [1.82, 2.24) is 9.55 Å². The fourth-order valence-corrected chi connectivity index (χ4v) is 2.63. The van der Waals surface area contributed by atoms with Gasteiger partial charge in [0, 0.05) is 35.8 Å². The first-order valence-electron chi connectivity index (χ1n) is 5.92. The lowest BCUT2D eigenvalue weighted by Gasteiger charge is -2.24. The lowest BCUT2D eigenvalue weighted by Crippen LogP contribution is -2.27. The maximum atomic E-state index is 4.33. The first kappa shape index (κ1) is 12.2. The van der Waals surface area contributed by atoms with Crippen LogP contribution in [0.15, 0.2) is 29.9 Å². The molecule has 2 heterocycles. The Kier molecular flexibility index (Phi) is 3.52. The molecule has 2 aromatic rings. The number of aryl methyl sites for hydroxylation is 1. The van der Waals surface area contributed by atoms with Gasteiger partial charge < -0.3 is 9.88 Å². The molecule has 1 N–H and O–H groups in total. The van der Waals surface area contributed by atoms with E-state index in [1.165, 1.54) is 4.88 Å². The maximum Gasteiger partial charge on any atom is 0.202 e. The topological polar surface area (TPSA) is 29.9 Å². The Labute approximate surface area is 107 Å². The van der Waals surface area contributed by atoms with E-state index in [2.05, 4.69) is 53.2 Å². The number of nitrogens with zero attached hydrogens (tertiary/aromatic N) is 2. The summed E-state index contributed by atoms with van der Waals surface area (Å²) in [6.07, 6.45) is 3.84. The van der Waals surface area contributed by atoms with Gasteiger partial charge in [-0.25, -0.2) is 4.98 Å². The van der Waals surface area contributed by atoms with Crippen molar-refractivity contribution in [3.8, 4) is 0 Å². The van der Waals surface area contributed by atoms with Crippen molar-refractivity contribution in [3.05, 3.63) is 34.8 Å². The molecule has 4 heteroatoms. The number of thiophene rings is 1. The quantitative estimate of drug-likeness (QED) is 0.880. The fourth-order valence-electron chi connectivity index (χ4n) is 1.78. The van der Waals surface area contributed by atoms with Crippen molar-refractivity contribution < 1.29 is 0 Å². The van der Waals surface area contributed by atoms with Gasteiger partial charge in [0.05, 0.1) is 0 Å². The summed E-state index contributed by atoms with van der Waals surface area (Å²) >= 11 is 1.81. The molecule has 0 spiro atoms. The minimum atomic E-state index is 0.138. The standard InChI is InChI=1S/C13H19N3S/c1-4-16-8-7-14-12(16)15-10-13(2,3)11-6-5-9-17-11/h5-9H,4,10H2,1-3H3,(H,14,15). The van der Waals surface area contributed by atoms with Gasteiger partial charge >= 0.3 is 0 Å². The van der Waals surface area contributed by atoms with Crippen LogP contribution in [0.5, 0.6) is 0 Å². The van der Waals surface area contributed by atoms with Crippen molar-refractivity contribution in [2.45, 2.75) is 32.7 Å². The third kappa shape index (κ3) is 2.69. The summed E-state index contributed by atoms with van der Waals surface area (Å²) in [7, 11) is 0. The highest BCUT2D eigenvalue weighted by atomic mass is 32.1. The number of aromatic nitrogens is 2. The summed E-state index contributed by atoms with van der Waals surface area (Å²) in [5.41, 5.74) is 0.138. The van der Waals surface area contributed by atoms with Gasteiger partial charge in [-0.3, -0.25) is 0 Å². The van der Waals surface area contributed by atoms with Crippen LogP contribution in [0.4, 0.5) is 5.95 Å². The van der Waals surface area contributed by atoms with Gasteiger partial charge in [-0.1, -0.05) is 19.9 Å². The second-order valence-corrected chi connectivity index (χ2v) is 5.70. The van der Waals surface area contributed by atoms with Crippen LogP contribution in [-0.4, -0.2) is 16.1 Å². The lowest BCUT2D eigenvalue weighted by atomic mass is 9.91. The predicted octanol–water partition coefficient (Wildman–Crippen LogP) is 3.35. The van der Waals surface area contributed by atoms with E-state index in [9.17, 15) is 0 Å². The number of nitrogens with one attached hydrogen (secondary N) is 1. The van der Waals surface area contributed by atoms with E-state index in [-0.39, 0.29) is 5.41 Å². The van der Waals surface area contributed by atoms with Crippen LogP contribution in [-0.2, 0) is 12.0 Å². The Morgan fingerprint density at radius 2 is 2.29 bits per heavy atom. The third-order valence-electron chi connectivity index (χ3n) is 2.93. The first-order chi connectivity index (χ1) is 8.13. The second-order valence-electron chi connectivity index (χ2n) is 4.75. The van der Waals surface area contributed by atoms with Gasteiger partial charge in [-0.05, 0) is 18.4 Å². The number of anilines is 1. The molecular weight excluding hydrogens is 230 g/mol. The van der Waals surface area contributed by atoms with E-state index in [0.717, 1.165) is 19.0 Å². The molecule has 0 aliphatic rings. The lowest BCUT2D eigenvalue weighted by molar-refractivity contribution is 0.564. The molecule has 92 valence electrons. The van der Waals surface area contributed by atoms with E-state index < -0.39 is 0 Å². The zero-order valence-electron chi connectivity index (χ0n) is 10.6. The Morgan fingerprint density at radius 3 is 2.94 bits per heavy atom. The minimum absolute atomic E-state index is 0.138. The Bertz CT molecular complexity index is 457. The number of hydrogen-bond donors (Lipinski definition) is 1. The van der Waals surface area contributed by atoms with E-state index in [0.29, 0.717) is 0 Å². The SMILES string of the molecule is CCn1ccnc1NCC(C)(C)c1cccs1. The van der Waals surface area contributed by atoms with E-state index in [4.69, 9.17) is 0 Å². The molecule has 0 amide bonds. The van der Waals surface area contributed by atoms with Crippen LogP contribution in [0.2, 0.25) is 0 Å². The van der Waals surface area contributed by atoms with Crippen molar-refractivity contribution in [2.75, 3.05) is 11.9 Å². The van der Waals surface area contributed by atoms with Gasteiger partial charge in [0.15, 0.2) is 0 Å². The van der Waals surface area contributed by atoms with Crippen LogP contribution in [0.1, 0.15) is 25.6 Å². The van der Waals surface area contributed by atoms with Crippen molar-refractivity contribution >= 4 is 17.3 Å². The number of hydrogen-bond acceptors (Lipinski definition) is 3. The molecule has 2 rings (SSSR count). The van der Waals surface area contributed by atoms with Crippen LogP contribution in [0.3, 0.4) is 0 Å². The number of rotatable bonds is 5. The van der Waals surface area contributed by atoms with Gasteiger partial charge in [0.2, 0.25) is 5.95 Å².